The van der Waals surface area contributed by atoms with Crippen LogP contribution in [-0.2, 0) is 4.79 Å². The summed E-state index contributed by atoms with van der Waals surface area (Å²) in [6.45, 7) is 5.84. The number of carboxylic acid groups (broad SMARTS) is 1. The number of urea groups is 1. The summed E-state index contributed by atoms with van der Waals surface area (Å²) in [6.07, 6.45) is 4.20. The number of aliphatic carboxylic acids is 1. The third-order valence-corrected chi connectivity index (χ3v) is 3.26. The van der Waals surface area contributed by atoms with Crippen molar-refractivity contribution in [1.29, 1.82) is 0 Å². The van der Waals surface area contributed by atoms with Gasteiger partial charge in [0.25, 0.3) is 0 Å². The first-order valence-electron chi connectivity index (χ1n) is 6.10. The Bertz CT molecular complexity index is 302. The molecule has 2 atom stereocenters. The molecular formula is C12H22N2O3. The third-order valence-electron chi connectivity index (χ3n) is 3.26. The molecule has 0 heterocycles. The van der Waals surface area contributed by atoms with Gasteiger partial charge in [-0.1, -0.05) is 20.3 Å². The average Bonchev–Trinajstić information content (AvgIpc) is 2.15. The molecule has 1 unspecified atom stereocenters. The molecule has 0 aliphatic heterocycles. The van der Waals surface area contributed by atoms with E-state index in [1.54, 1.807) is 0 Å². The van der Waals surface area contributed by atoms with Gasteiger partial charge in [0.15, 0.2) is 0 Å². The molecule has 0 bridgehead atoms. The van der Waals surface area contributed by atoms with Crippen LogP contribution in [0.4, 0.5) is 4.79 Å². The van der Waals surface area contributed by atoms with Crippen molar-refractivity contribution in [2.24, 2.45) is 5.41 Å². The van der Waals surface area contributed by atoms with Crippen LogP contribution in [0.1, 0.15) is 46.5 Å². The molecule has 98 valence electrons. The zero-order valence-corrected chi connectivity index (χ0v) is 10.7. The molecule has 0 aromatic rings. The normalized spacial score (nSPS) is 24.8. The van der Waals surface area contributed by atoms with Gasteiger partial charge in [-0.2, -0.15) is 0 Å². The molecule has 1 fully saturated rings. The maximum Gasteiger partial charge on any atom is 0.325 e. The number of hydrogen-bond acceptors (Lipinski definition) is 2. The fourth-order valence-corrected chi connectivity index (χ4v) is 2.31. The number of hydrogen-bond donors (Lipinski definition) is 3. The molecule has 0 aromatic carbocycles. The summed E-state index contributed by atoms with van der Waals surface area (Å²) in [5.41, 5.74) is 0.259. The summed E-state index contributed by atoms with van der Waals surface area (Å²) in [7, 11) is 0. The predicted molar refractivity (Wildman–Crippen MR) is 64.8 cm³/mol. The van der Waals surface area contributed by atoms with Crippen molar-refractivity contribution in [1.82, 2.24) is 10.6 Å². The van der Waals surface area contributed by atoms with E-state index in [0.717, 1.165) is 19.3 Å². The first-order chi connectivity index (χ1) is 7.80. The number of carboxylic acids is 1. The zero-order valence-electron chi connectivity index (χ0n) is 10.7. The van der Waals surface area contributed by atoms with Crippen LogP contribution in [0.25, 0.3) is 0 Å². The van der Waals surface area contributed by atoms with Crippen LogP contribution in [0.3, 0.4) is 0 Å². The number of carbonyl (C=O) groups excluding carboxylic acids is 1. The number of rotatable bonds is 3. The first-order valence-corrected chi connectivity index (χ1v) is 6.10. The van der Waals surface area contributed by atoms with Crippen molar-refractivity contribution >= 4 is 12.0 Å². The highest BCUT2D eigenvalue weighted by Crippen LogP contribution is 2.34. The standard InChI is InChI=1S/C12H22N2O3/c1-8(10(15)16)13-11(17)14-9-5-4-6-12(2,3)7-9/h8-9H,4-7H2,1-3H3,(H,15,16)(H2,13,14,17)/t8-,9?/m1/s1. The van der Waals surface area contributed by atoms with Crippen molar-refractivity contribution in [3.8, 4) is 0 Å². The Kier molecular flexibility index (Phi) is 4.37. The van der Waals surface area contributed by atoms with Crippen LogP contribution in [0, 0.1) is 5.41 Å². The molecule has 3 N–H and O–H groups in total. The summed E-state index contributed by atoms with van der Waals surface area (Å²) in [6, 6.07) is -1.09. The Morgan fingerprint density at radius 1 is 1.41 bits per heavy atom. The van der Waals surface area contributed by atoms with E-state index in [2.05, 4.69) is 24.5 Å². The fraction of sp³-hybridized carbons (Fsp3) is 0.833. The minimum Gasteiger partial charge on any atom is -0.480 e. The molecule has 2 amide bonds. The minimum atomic E-state index is -1.02. The van der Waals surface area contributed by atoms with Crippen LogP contribution < -0.4 is 10.6 Å². The molecule has 17 heavy (non-hydrogen) atoms. The fourth-order valence-electron chi connectivity index (χ4n) is 2.31. The lowest BCUT2D eigenvalue weighted by Crippen LogP contribution is -2.49. The van der Waals surface area contributed by atoms with E-state index in [1.807, 2.05) is 0 Å². The molecule has 5 heteroatoms. The number of amides is 2. The second-order valence-corrected chi connectivity index (χ2v) is 5.64. The van der Waals surface area contributed by atoms with Gasteiger partial charge in [0.05, 0.1) is 0 Å². The second-order valence-electron chi connectivity index (χ2n) is 5.64. The summed E-state index contributed by atoms with van der Waals surface area (Å²) < 4.78 is 0. The van der Waals surface area contributed by atoms with Crippen LogP contribution in [0.15, 0.2) is 0 Å². The Morgan fingerprint density at radius 2 is 2.06 bits per heavy atom. The lowest BCUT2D eigenvalue weighted by atomic mass is 9.75. The van der Waals surface area contributed by atoms with Crippen molar-refractivity contribution in [2.45, 2.75) is 58.5 Å². The maximum atomic E-state index is 11.6. The van der Waals surface area contributed by atoms with Gasteiger partial charge in [0, 0.05) is 6.04 Å². The Balaban J connectivity index is 2.38. The predicted octanol–water partition coefficient (Wildman–Crippen LogP) is 1.73. The van der Waals surface area contributed by atoms with Crippen molar-refractivity contribution in [3.05, 3.63) is 0 Å². The molecule has 5 nitrogen and oxygen atoms in total. The van der Waals surface area contributed by atoms with Gasteiger partial charge >= 0.3 is 12.0 Å². The van der Waals surface area contributed by atoms with E-state index in [-0.39, 0.29) is 17.5 Å². The van der Waals surface area contributed by atoms with Gasteiger partial charge in [-0.05, 0) is 31.6 Å². The van der Waals surface area contributed by atoms with Crippen molar-refractivity contribution in [3.63, 3.8) is 0 Å². The van der Waals surface area contributed by atoms with E-state index in [9.17, 15) is 9.59 Å². The van der Waals surface area contributed by atoms with Crippen molar-refractivity contribution < 1.29 is 14.7 Å². The molecule has 1 saturated carbocycles. The van der Waals surface area contributed by atoms with Crippen LogP contribution in [0.2, 0.25) is 0 Å². The Morgan fingerprint density at radius 3 is 2.59 bits per heavy atom. The summed E-state index contributed by atoms with van der Waals surface area (Å²) in [5.74, 6) is -1.02. The van der Waals surface area contributed by atoms with Crippen LogP contribution >= 0.6 is 0 Å². The van der Waals surface area contributed by atoms with E-state index >= 15 is 0 Å². The molecule has 0 aromatic heterocycles. The van der Waals surface area contributed by atoms with Gasteiger partial charge in [-0.25, -0.2) is 4.79 Å². The largest absolute Gasteiger partial charge is 0.480 e. The van der Waals surface area contributed by atoms with E-state index in [1.165, 1.54) is 13.3 Å². The molecule has 1 aliphatic carbocycles. The van der Waals surface area contributed by atoms with Crippen molar-refractivity contribution in [2.75, 3.05) is 0 Å². The van der Waals surface area contributed by atoms with Gasteiger partial charge in [-0.3, -0.25) is 4.79 Å². The summed E-state index contributed by atoms with van der Waals surface area (Å²) >= 11 is 0. The van der Waals surface area contributed by atoms with E-state index in [4.69, 9.17) is 5.11 Å². The highest BCUT2D eigenvalue weighted by atomic mass is 16.4. The number of nitrogens with one attached hydrogen (secondary N) is 2. The average molecular weight is 242 g/mol. The second kappa shape index (κ2) is 5.38. The quantitative estimate of drug-likeness (QED) is 0.705. The molecule has 1 rings (SSSR count). The number of carbonyl (C=O) groups is 2. The van der Waals surface area contributed by atoms with E-state index in [0.29, 0.717) is 0 Å². The summed E-state index contributed by atoms with van der Waals surface area (Å²) in [5, 5.41) is 13.9. The Labute approximate surface area is 102 Å². The molecule has 0 radical (unpaired) electrons. The third kappa shape index (κ3) is 4.63. The maximum absolute atomic E-state index is 11.6. The molecule has 0 saturated heterocycles. The molecule has 1 aliphatic rings. The first kappa shape index (κ1) is 13.8. The monoisotopic (exact) mass is 242 g/mol. The van der Waals surface area contributed by atoms with Crippen LogP contribution in [-0.4, -0.2) is 29.2 Å². The topological polar surface area (TPSA) is 78.4 Å². The van der Waals surface area contributed by atoms with Gasteiger partial charge < -0.3 is 15.7 Å². The highest BCUT2D eigenvalue weighted by molar-refractivity contribution is 5.82. The lowest BCUT2D eigenvalue weighted by Gasteiger charge is -2.35. The smallest absolute Gasteiger partial charge is 0.325 e. The highest BCUT2D eigenvalue weighted by Gasteiger charge is 2.29. The Hall–Kier alpha value is -1.26. The van der Waals surface area contributed by atoms with Crippen LogP contribution in [0.5, 0.6) is 0 Å². The minimum absolute atomic E-state index is 0.153. The van der Waals surface area contributed by atoms with E-state index < -0.39 is 12.0 Å². The lowest BCUT2D eigenvalue weighted by molar-refractivity contribution is -0.138. The summed E-state index contributed by atoms with van der Waals surface area (Å²) in [4.78, 5) is 22.1. The van der Waals surface area contributed by atoms with Gasteiger partial charge in [0.2, 0.25) is 0 Å². The van der Waals surface area contributed by atoms with Gasteiger partial charge in [-0.15, -0.1) is 0 Å². The molecule has 0 spiro atoms. The molecular weight excluding hydrogens is 220 g/mol. The zero-order chi connectivity index (χ0) is 13.1. The van der Waals surface area contributed by atoms with Gasteiger partial charge in [0.1, 0.15) is 6.04 Å². The SMILES string of the molecule is C[C@@H](NC(=O)NC1CCCC(C)(C)C1)C(=O)O.